The zero-order valence-corrected chi connectivity index (χ0v) is 9.66. The molecule has 0 aromatic heterocycles. The predicted octanol–water partition coefficient (Wildman–Crippen LogP) is 2.36. The number of carbonyl (C=O) groups excluding carboxylic acids is 1. The minimum atomic E-state index is -0.367. The van der Waals surface area contributed by atoms with Gasteiger partial charge in [0.25, 0.3) is 0 Å². The Morgan fingerprint density at radius 3 is 2.44 bits per heavy atom. The summed E-state index contributed by atoms with van der Waals surface area (Å²) >= 11 is 0. The summed E-state index contributed by atoms with van der Waals surface area (Å²) in [5.74, 6) is 0.462. The van der Waals surface area contributed by atoms with E-state index in [2.05, 4.69) is 11.3 Å². The monoisotopic (exact) mass is 220 g/mol. The Balaban J connectivity index is 2.61. The second-order valence-electron chi connectivity index (χ2n) is 3.35. The first kappa shape index (κ1) is 12.3. The summed E-state index contributed by atoms with van der Waals surface area (Å²) in [6, 6.07) is 7.59. The molecule has 0 spiro atoms. The molecule has 0 radical (unpaired) electrons. The van der Waals surface area contributed by atoms with Crippen LogP contribution in [0.3, 0.4) is 0 Å². The molecule has 0 amide bonds. The molecule has 0 atom stereocenters. The van der Waals surface area contributed by atoms with Crippen LogP contribution >= 0.6 is 0 Å². The zero-order valence-electron chi connectivity index (χ0n) is 9.66. The summed E-state index contributed by atoms with van der Waals surface area (Å²) in [6.07, 6.45) is 0.499. The SMILES string of the molecule is C=C(Cc1ccc(OCC)cc1)C(=O)OC. The molecule has 0 heterocycles. The highest BCUT2D eigenvalue weighted by Crippen LogP contribution is 2.14. The fraction of sp³-hybridized carbons (Fsp3) is 0.308. The Bertz CT molecular complexity index is 365. The van der Waals surface area contributed by atoms with E-state index in [9.17, 15) is 4.79 Å². The van der Waals surface area contributed by atoms with Crippen molar-refractivity contribution in [3.05, 3.63) is 42.0 Å². The molecule has 0 bridgehead atoms. The Labute approximate surface area is 95.7 Å². The molecule has 86 valence electrons. The lowest BCUT2D eigenvalue weighted by atomic mass is 10.1. The second kappa shape index (κ2) is 5.95. The van der Waals surface area contributed by atoms with Gasteiger partial charge in [-0.3, -0.25) is 0 Å². The Morgan fingerprint density at radius 1 is 1.31 bits per heavy atom. The lowest BCUT2D eigenvalue weighted by Gasteiger charge is -2.06. The highest BCUT2D eigenvalue weighted by atomic mass is 16.5. The molecular formula is C13H16O3. The van der Waals surface area contributed by atoms with Crippen LogP contribution in [0.4, 0.5) is 0 Å². The number of esters is 1. The number of hydrogen-bond donors (Lipinski definition) is 0. The summed E-state index contributed by atoms with van der Waals surface area (Å²) in [4.78, 5) is 11.1. The predicted molar refractivity (Wildman–Crippen MR) is 62.5 cm³/mol. The Hall–Kier alpha value is -1.77. The van der Waals surface area contributed by atoms with E-state index in [-0.39, 0.29) is 5.97 Å². The van der Waals surface area contributed by atoms with Crippen LogP contribution in [0.5, 0.6) is 5.75 Å². The van der Waals surface area contributed by atoms with Crippen molar-refractivity contribution in [3.8, 4) is 5.75 Å². The van der Waals surface area contributed by atoms with Crippen LogP contribution < -0.4 is 4.74 Å². The van der Waals surface area contributed by atoms with Crippen molar-refractivity contribution < 1.29 is 14.3 Å². The number of methoxy groups -OCH3 is 1. The van der Waals surface area contributed by atoms with Gasteiger partial charge in [0, 0.05) is 12.0 Å². The average molecular weight is 220 g/mol. The average Bonchev–Trinajstić information content (AvgIpc) is 2.31. The van der Waals surface area contributed by atoms with Gasteiger partial charge in [-0.25, -0.2) is 4.79 Å². The van der Waals surface area contributed by atoms with Gasteiger partial charge >= 0.3 is 5.97 Å². The molecule has 1 aromatic rings. The third kappa shape index (κ3) is 3.42. The Morgan fingerprint density at radius 2 is 1.94 bits per heavy atom. The number of rotatable bonds is 5. The molecule has 0 aliphatic carbocycles. The van der Waals surface area contributed by atoms with Crippen molar-refractivity contribution in [1.29, 1.82) is 0 Å². The van der Waals surface area contributed by atoms with Gasteiger partial charge in [-0.1, -0.05) is 18.7 Å². The van der Waals surface area contributed by atoms with Crippen molar-refractivity contribution in [3.63, 3.8) is 0 Å². The molecule has 1 rings (SSSR count). The normalized spacial score (nSPS) is 9.62. The second-order valence-corrected chi connectivity index (χ2v) is 3.35. The highest BCUT2D eigenvalue weighted by molar-refractivity contribution is 5.88. The van der Waals surface area contributed by atoms with Crippen molar-refractivity contribution in [2.24, 2.45) is 0 Å². The first-order valence-electron chi connectivity index (χ1n) is 5.15. The van der Waals surface area contributed by atoms with E-state index in [4.69, 9.17) is 4.74 Å². The number of ether oxygens (including phenoxy) is 2. The van der Waals surface area contributed by atoms with Crippen molar-refractivity contribution >= 4 is 5.97 Å². The summed E-state index contributed by atoms with van der Waals surface area (Å²) in [5.41, 5.74) is 1.46. The van der Waals surface area contributed by atoms with Gasteiger partial charge in [0.2, 0.25) is 0 Å². The Kier molecular flexibility index (Phi) is 4.58. The summed E-state index contributed by atoms with van der Waals surface area (Å²) < 4.78 is 9.90. The fourth-order valence-corrected chi connectivity index (χ4v) is 1.33. The summed E-state index contributed by atoms with van der Waals surface area (Å²) in [5, 5.41) is 0. The lowest BCUT2D eigenvalue weighted by Crippen LogP contribution is -2.05. The maximum absolute atomic E-state index is 11.1. The minimum absolute atomic E-state index is 0.367. The minimum Gasteiger partial charge on any atom is -0.494 e. The van der Waals surface area contributed by atoms with Gasteiger partial charge in [-0.2, -0.15) is 0 Å². The molecule has 0 N–H and O–H groups in total. The van der Waals surface area contributed by atoms with Crippen LogP contribution in [0.1, 0.15) is 12.5 Å². The number of hydrogen-bond acceptors (Lipinski definition) is 3. The van der Waals surface area contributed by atoms with E-state index in [1.807, 2.05) is 31.2 Å². The van der Waals surface area contributed by atoms with Gasteiger partial charge in [-0.15, -0.1) is 0 Å². The van der Waals surface area contributed by atoms with E-state index in [0.717, 1.165) is 11.3 Å². The van der Waals surface area contributed by atoms with Gasteiger partial charge in [0.05, 0.1) is 13.7 Å². The van der Waals surface area contributed by atoms with Crippen LogP contribution in [-0.4, -0.2) is 19.7 Å². The molecule has 0 fully saturated rings. The van der Waals surface area contributed by atoms with Gasteiger partial charge in [0.1, 0.15) is 5.75 Å². The molecule has 0 aliphatic rings. The first-order chi connectivity index (χ1) is 7.67. The van der Waals surface area contributed by atoms with Crippen molar-refractivity contribution in [2.75, 3.05) is 13.7 Å². The molecule has 1 aromatic carbocycles. The van der Waals surface area contributed by atoms with E-state index < -0.39 is 0 Å². The topological polar surface area (TPSA) is 35.5 Å². The molecular weight excluding hydrogens is 204 g/mol. The maximum Gasteiger partial charge on any atom is 0.333 e. The van der Waals surface area contributed by atoms with E-state index in [0.29, 0.717) is 18.6 Å². The quantitative estimate of drug-likeness (QED) is 0.564. The molecule has 16 heavy (non-hydrogen) atoms. The van der Waals surface area contributed by atoms with E-state index >= 15 is 0 Å². The number of benzene rings is 1. The molecule has 3 nitrogen and oxygen atoms in total. The van der Waals surface area contributed by atoms with Crippen LogP contribution in [0.15, 0.2) is 36.4 Å². The van der Waals surface area contributed by atoms with Gasteiger partial charge in [-0.05, 0) is 24.6 Å². The van der Waals surface area contributed by atoms with Crippen LogP contribution in [-0.2, 0) is 16.0 Å². The summed E-state index contributed by atoms with van der Waals surface area (Å²) in [6.45, 7) is 6.26. The zero-order chi connectivity index (χ0) is 12.0. The van der Waals surface area contributed by atoms with E-state index in [1.54, 1.807) is 0 Å². The first-order valence-corrected chi connectivity index (χ1v) is 5.15. The number of carbonyl (C=O) groups is 1. The molecule has 0 saturated carbocycles. The van der Waals surface area contributed by atoms with Crippen molar-refractivity contribution in [2.45, 2.75) is 13.3 Å². The highest BCUT2D eigenvalue weighted by Gasteiger charge is 2.07. The fourth-order valence-electron chi connectivity index (χ4n) is 1.33. The smallest absolute Gasteiger partial charge is 0.333 e. The van der Waals surface area contributed by atoms with Gasteiger partial charge < -0.3 is 9.47 Å². The molecule has 0 saturated heterocycles. The summed E-state index contributed by atoms with van der Waals surface area (Å²) in [7, 11) is 1.35. The molecule has 0 unspecified atom stereocenters. The maximum atomic E-state index is 11.1. The largest absolute Gasteiger partial charge is 0.494 e. The van der Waals surface area contributed by atoms with Gasteiger partial charge in [0.15, 0.2) is 0 Å². The molecule has 0 aliphatic heterocycles. The molecule has 3 heteroatoms. The third-order valence-electron chi connectivity index (χ3n) is 2.13. The van der Waals surface area contributed by atoms with E-state index in [1.165, 1.54) is 7.11 Å². The lowest BCUT2D eigenvalue weighted by molar-refractivity contribution is -0.136. The van der Waals surface area contributed by atoms with Crippen LogP contribution in [0, 0.1) is 0 Å². The standard InChI is InChI=1S/C13H16O3/c1-4-16-12-7-5-11(6-8-12)9-10(2)13(14)15-3/h5-8H,2,4,9H2,1,3H3. The third-order valence-corrected chi connectivity index (χ3v) is 2.13. The van der Waals surface area contributed by atoms with Crippen LogP contribution in [0.25, 0.3) is 0 Å². The van der Waals surface area contributed by atoms with Crippen LogP contribution in [0.2, 0.25) is 0 Å². The van der Waals surface area contributed by atoms with Crippen molar-refractivity contribution in [1.82, 2.24) is 0 Å².